The Morgan fingerprint density at radius 2 is 1.64 bits per heavy atom. The van der Waals surface area contributed by atoms with Gasteiger partial charge in [0.2, 0.25) is 0 Å². The summed E-state index contributed by atoms with van der Waals surface area (Å²) in [4.78, 5) is 27.0. The Balaban J connectivity index is 1.27. The Kier molecular flexibility index (Phi) is 7.46. The molecule has 0 aliphatic carbocycles. The van der Waals surface area contributed by atoms with Gasteiger partial charge in [-0.2, -0.15) is 0 Å². The van der Waals surface area contributed by atoms with E-state index in [4.69, 9.17) is 14.7 Å². The zero-order valence-corrected chi connectivity index (χ0v) is 21.9. The van der Waals surface area contributed by atoms with Crippen molar-refractivity contribution in [2.24, 2.45) is 5.92 Å². The third-order valence-corrected chi connectivity index (χ3v) is 7.86. The quantitative estimate of drug-likeness (QED) is 0.347. The van der Waals surface area contributed by atoms with Gasteiger partial charge in [-0.1, -0.05) is 44.2 Å². The topological polar surface area (TPSA) is 70.6 Å². The van der Waals surface area contributed by atoms with E-state index in [1.807, 2.05) is 49.4 Å². The van der Waals surface area contributed by atoms with Crippen LogP contribution in [0.1, 0.15) is 25.2 Å². The second-order valence-corrected chi connectivity index (χ2v) is 10.6. The number of esters is 1. The number of thiophene rings is 1. The molecule has 0 bridgehead atoms. The largest absolute Gasteiger partial charge is 0.467 e. The first-order valence-corrected chi connectivity index (χ1v) is 13.4. The van der Waals surface area contributed by atoms with E-state index in [0.717, 1.165) is 49.5 Å². The minimum atomic E-state index is -0.474. The van der Waals surface area contributed by atoms with E-state index in [1.54, 1.807) is 0 Å². The molecule has 0 unspecified atom stereocenters. The summed E-state index contributed by atoms with van der Waals surface area (Å²) in [6.45, 7) is 9.63. The molecule has 188 valence electrons. The van der Waals surface area contributed by atoms with Gasteiger partial charge in [-0.25, -0.2) is 14.8 Å². The van der Waals surface area contributed by atoms with Crippen LogP contribution in [0.25, 0.3) is 21.0 Å². The molecular weight excluding hydrogens is 470 g/mol. The van der Waals surface area contributed by atoms with E-state index in [9.17, 15) is 4.79 Å². The second kappa shape index (κ2) is 10.9. The van der Waals surface area contributed by atoms with Crippen molar-refractivity contribution in [1.29, 1.82) is 0 Å². The van der Waals surface area contributed by atoms with Crippen LogP contribution in [0.2, 0.25) is 0 Å². The molecule has 1 saturated heterocycles. The second-order valence-electron chi connectivity index (χ2n) is 9.70. The molecule has 36 heavy (non-hydrogen) atoms. The number of hydrogen-bond donors (Lipinski definition) is 1. The molecule has 1 atom stereocenters. The number of piperazine rings is 1. The number of aromatic nitrogens is 2. The van der Waals surface area contributed by atoms with Crippen molar-refractivity contribution in [3.63, 3.8) is 0 Å². The highest BCUT2D eigenvalue weighted by atomic mass is 32.1. The minimum absolute atomic E-state index is 0.0584. The van der Waals surface area contributed by atoms with Crippen LogP contribution in [0.15, 0.2) is 53.9 Å². The minimum Gasteiger partial charge on any atom is -0.467 e. The summed E-state index contributed by atoms with van der Waals surface area (Å²) in [5.41, 5.74) is 2.29. The molecule has 8 heteroatoms. The summed E-state index contributed by atoms with van der Waals surface area (Å²) in [5.74, 6) is 1.22. The fourth-order valence-electron chi connectivity index (χ4n) is 4.78. The maximum Gasteiger partial charge on any atom is 0.328 e. The first kappa shape index (κ1) is 24.6. The molecule has 0 amide bonds. The molecule has 7 nitrogen and oxygen atoms in total. The Hall–Kier alpha value is -3.07. The summed E-state index contributed by atoms with van der Waals surface area (Å²) < 4.78 is 6.38. The molecule has 0 radical (unpaired) electrons. The molecule has 0 spiro atoms. The Bertz CT molecular complexity index is 1350. The first-order chi connectivity index (χ1) is 17.5. The number of carbonyl (C=O) groups excluding carboxylic acids is 1. The standard InChI is InChI=1S/C28H33N5O2S/c1-19(2)26(28(34)35-3)31-27-22-9-4-6-10-23(22)29-25(30-27)17-33-14-12-32(13-15-33)16-20-18-36-24-11-7-5-8-21(20)24/h4-11,18-19,26H,12-17H2,1-3H3,(H,29,30,31)/t26-/m0/s1. The highest BCUT2D eigenvalue weighted by Gasteiger charge is 2.25. The monoisotopic (exact) mass is 503 g/mol. The molecule has 2 aromatic carbocycles. The van der Waals surface area contributed by atoms with Crippen molar-refractivity contribution in [3.8, 4) is 0 Å². The molecule has 1 N–H and O–H groups in total. The summed E-state index contributed by atoms with van der Waals surface area (Å²) in [6.07, 6.45) is 0. The molecule has 0 saturated carbocycles. The normalized spacial score (nSPS) is 16.0. The van der Waals surface area contributed by atoms with Crippen LogP contribution in [0, 0.1) is 5.92 Å². The predicted molar refractivity (Wildman–Crippen MR) is 146 cm³/mol. The number of nitrogens with zero attached hydrogens (tertiary/aromatic N) is 4. The zero-order valence-electron chi connectivity index (χ0n) is 21.1. The van der Waals surface area contributed by atoms with E-state index in [-0.39, 0.29) is 11.9 Å². The van der Waals surface area contributed by atoms with Gasteiger partial charge in [0.05, 0.1) is 19.2 Å². The summed E-state index contributed by atoms with van der Waals surface area (Å²) >= 11 is 1.83. The van der Waals surface area contributed by atoms with Crippen LogP contribution in [0.3, 0.4) is 0 Å². The third-order valence-electron chi connectivity index (χ3n) is 6.85. The van der Waals surface area contributed by atoms with Crippen molar-refractivity contribution in [2.75, 3.05) is 38.6 Å². The van der Waals surface area contributed by atoms with E-state index >= 15 is 0 Å². The number of para-hydroxylation sites is 1. The summed E-state index contributed by atoms with van der Waals surface area (Å²) in [5, 5.41) is 7.93. The fourth-order valence-corrected chi connectivity index (χ4v) is 5.73. The van der Waals surface area contributed by atoms with Crippen LogP contribution >= 0.6 is 11.3 Å². The molecule has 2 aromatic heterocycles. The number of rotatable bonds is 8. The van der Waals surface area contributed by atoms with E-state index in [2.05, 4.69) is 44.8 Å². The summed E-state index contributed by atoms with van der Waals surface area (Å²) in [7, 11) is 1.42. The van der Waals surface area contributed by atoms with Gasteiger partial charge in [-0.3, -0.25) is 9.80 Å². The molecule has 4 aromatic rings. The molecule has 1 aliphatic rings. The van der Waals surface area contributed by atoms with Gasteiger partial charge in [0.15, 0.2) is 0 Å². The predicted octanol–water partition coefficient (Wildman–Crippen LogP) is 4.77. The summed E-state index contributed by atoms with van der Waals surface area (Å²) in [6, 6.07) is 16.1. The van der Waals surface area contributed by atoms with Gasteiger partial charge in [0.1, 0.15) is 17.7 Å². The van der Waals surface area contributed by atoms with Gasteiger partial charge in [0, 0.05) is 42.8 Å². The number of hydrogen-bond acceptors (Lipinski definition) is 8. The Morgan fingerprint density at radius 1 is 0.972 bits per heavy atom. The van der Waals surface area contributed by atoms with Crippen molar-refractivity contribution >= 4 is 44.1 Å². The lowest BCUT2D eigenvalue weighted by Crippen LogP contribution is -2.45. The van der Waals surface area contributed by atoms with E-state index < -0.39 is 6.04 Å². The fraction of sp³-hybridized carbons (Fsp3) is 0.393. The molecule has 1 aliphatic heterocycles. The maximum atomic E-state index is 12.4. The number of fused-ring (bicyclic) bond motifs is 2. The Morgan fingerprint density at radius 3 is 2.36 bits per heavy atom. The van der Waals surface area contributed by atoms with Gasteiger partial charge in [0.25, 0.3) is 0 Å². The lowest BCUT2D eigenvalue weighted by Gasteiger charge is -2.34. The van der Waals surface area contributed by atoms with Crippen LogP contribution in [0.4, 0.5) is 5.82 Å². The number of anilines is 1. The van der Waals surface area contributed by atoms with Crippen LogP contribution < -0.4 is 5.32 Å². The van der Waals surface area contributed by atoms with Crippen LogP contribution in [-0.4, -0.2) is 65.1 Å². The number of benzene rings is 2. The third kappa shape index (κ3) is 5.36. The average Bonchev–Trinajstić information content (AvgIpc) is 3.30. The number of carbonyl (C=O) groups is 1. The average molecular weight is 504 g/mol. The lowest BCUT2D eigenvalue weighted by molar-refractivity contribution is -0.142. The van der Waals surface area contributed by atoms with Crippen molar-refractivity contribution in [2.45, 2.75) is 33.0 Å². The SMILES string of the molecule is COC(=O)[C@@H](Nc1nc(CN2CCN(Cc3csc4ccccc34)CC2)nc2ccccc12)C(C)C. The Labute approximate surface area is 216 Å². The zero-order chi connectivity index (χ0) is 25.1. The van der Waals surface area contributed by atoms with Gasteiger partial charge >= 0.3 is 5.97 Å². The number of nitrogens with one attached hydrogen (secondary N) is 1. The number of ether oxygens (including phenoxy) is 1. The van der Waals surface area contributed by atoms with E-state index in [0.29, 0.717) is 12.4 Å². The molecule has 5 rings (SSSR count). The molecular formula is C28H33N5O2S. The maximum absolute atomic E-state index is 12.4. The van der Waals surface area contributed by atoms with Crippen LogP contribution in [-0.2, 0) is 22.6 Å². The molecule has 3 heterocycles. The highest BCUT2D eigenvalue weighted by Crippen LogP contribution is 2.27. The van der Waals surface area contributed by atoms with Crippen molar-refractivity contribution < 1.29 is 9.53 Å². The van der Waals surface area contributed by atoms with Gasteiger partial charge in [-0.05, 0) is 40.4 Å². The van der Waals surface area contributed by atoms with Crippen molar-refractivity contribution in [3.05, 3.63) is 65.3 Å². The van der Waals surface area contributed by atoms with Gasteiger partial charge < -0.3 is 10.1 Å². The van der Waals surface area contributed by atoms with Crippen molar-refractivity contribution in [1.82, 2.24) is 19.8 Å². The lowest BCUT2D eigenvalue weighted by atomic mass is 10.0. The number of methoxy groups -OCH3 is 1. The van der Waals surface area contributed by atoms with Gasteiger partial charge in [-0.15, -0.1) is 11.3 Å². The smallest absolute Gasteiger partial charge is 0.328 e. The van der Waals surface area contributed by atoms with Crippen LogP contribution in [0.5, 0.6) is 0 Å². The molecule has 1 fully saturated rings. The highest BCUT2D eigenvalue weighted by molar-refractivity contribution is 7.17. The van der Waals surface area contributed by atoms with E-state index in [1.165, 1.54) is 22.8 Å². The first-order valence-electron chi connectivity index (χ1n) is 12.5.